The van der Waals surface area contributed by atoms with E-state index in [-0.39, 0.29) is 22.5 Å². The number of hydrogen-bond acceptors (Lipinski definition) is 4. The lowest BCUT2D eigenvalue weighted by atomic mass is 9.45. The molecule has 5 heteroatoms. The van der Waals surface area contributed by atoms with Crippen molar-refractivity contribution < 1.29 is 24.5 Å². The lowest BCUT2D eigenvalue weighted by Crippen LogP contribution is -2.62. The molecule has 3 saturated carbocycles. The third-order valence-corrected chi connectivity index (χ3v) is 8.60. The van der Waals surface area contributed by atoms with Crippen LogP contribution < -0.4 is 0 Å². The van der Waals surface area contributed by atoms with Gasteiger partial charge in [-0.1, -0.05) is 19.4 Å². The molecule has 5 nitrogen and oxygen atoms in total. The van der Waals surface area contributed by atoms with E-state index in [0.717, 1.165) is 49.7 Å². The van der Waals surface area contributed by atoms with Gasteiger partial charge in [0.2, 0.25) is 0 Å². The molecule has 4 aliphatic carbocycles. The van der Waals surface area contributed by atoms with Crippen LogP contribution in [-0.2, 0) is 9.53 Å². The standard InChI is InChI=1S/C22H30O5/c1-13(27-19(24)25)16-6-7-17-18-5-4-14-12-15(23)8-9-21(14,3)22(18,26)11-10-20(16,17)2/h12,17-18,26H,4-11H2,1-3H3,(H,24,25)/t17-,18-,20+,21-,22+/m0/s1. The molecule has 3 fully saturated rings. The van der Waals surface area contributed by atoms with Crippen molar-refractivity contribution in [3.05, 3.63) is 23.0 Å². The van der Waals surface area contributed by atoms with E-state index in [1.165, 1.54) is 0 Å². The van der Waals surface area contributed by atoms with Crippen molar-refractivity contribution in [2.45, 2.75) is 77.7 Å². The van der Waals surface area contributed by atoms with Crippen LogP contribution in [0.5, 0.6) is 0 Å². The molecule has 0 amide bonds. The summed E-state index contributed by atoms with van der Waals surface area (Å²) in [5.41, 5.74) is 1.05. The van der Waals surface area contributed by atoms with Crippen LogP contribution in [-0.4, -0.2) is 27.8 Å². The number of carbonyl (C=O) groups is 2. The zero-order valence-corrected chi connectivity index (χ0v) is 16.5. The van der Waals surface area contributed by atoms with Crippen LogP contribution in [0.25, 0.3) is 0 Å². The molecule has 0 unspecified atom stereocenters. The van der Waals surface area contributed by atoms with Gasteiger partial charge in [-0.3, -0.25) is 4.79 Å². The maximum absolute atomic E-state index is 12.0. The van der Waals surface area contributed by atoms with Crippen LogP contribution in [0.15, 0.2) is 23.0 Å². The van der Waals surface area contributed by atoms with E-state index >= 15 is 0 Å². The smallest absolute Gasteiger partial charge is 0.449 e. The monoisotopic (exact) mass is 374 g/mol. The first-order valence-electron chi connectivity index (χ1n) is 10.2. The van der Waals surface area contributed by atoms with E-state index in [0.29, 0.717) is 24.5 Å². The highest BCUT2D eigenvalue weighted by atomic mass is 16.7. The molecule has 0 aromatic heterocycles. The molecular weight excluding hydrogens is 344 g/mol. The minimum atomic E-state index is -1.26. The van der Waals surface area contributed by atoms with Crippen LogP contribution in [0.1, 0.15) is 72.1 Å². The summed E-state index contributed by atoms with van der Waals surface area (Å²) in [4.78, 5) is 22.9. The van der Waals surface area contributed by atoms with Crippen LogP contribution in [0.2, 0.25) is 0 Å². The predicted octanol–water partition coefficient (Wildman–Crippen LogP) is 4.60. The number of carboxylic acid groups (broad SMARTS) is 1. The van der Waals surface area contributed by atoms with Crippen molar-refractivity contribution in [2.24, 2.45) is 22.7 Å². The topological polar surface area (TPSA) is 83.8 Å². The largest absolute Gasteiger partial charge is 0.511 e. The Morgan fingerprint density at radius 1 is 1.11 bits per heavy atom. The SMILES string of the molecule is CC(OC(=O)O)=C1CC[C@H]2[C@@H]3CCC4=CC(=O)CC[C@]4(C)[C@@]3(O)CC[C@]12C. The van der Waals surface area contributed by atoms with Gasteiger partial charge in [0.15, 0.2) is 5.78 Å². The third-order valence-electron chi connectivity index (χ3n) is 8.60. The van der Waals surface area contributed by atoms with E-state index in [4.69, 9.17) is 9.84 Å². The minimum Gasteiger partial charge on any atom is -0.449 e. The molecule has 2 N–H and O–H groups in total. The van der Waals surface area contributed by atoms with Crippen LogP contribution in [0, 0.1) is 22.7 Å². The highest BCUT2D eigenvalue weighted by molar-refractivity contribution is 5.91. The van der Waals surface area contributed by atoms with E-state index in [1.807, 2.05) is 0 Å². The van der Waals surface area contributed by atoms with Gasteiger partial charge in [0.25, 0.3) is 0 Å². The summed E-state index contributed by atoms with van der Waals surface area (Å²) in [6.07, 6.45) is 6.91. The molecule has 0 spiro atoms. The predicted molar refractivity (Wildman–Crippen MR) is 100.0 cm³/mol. The summed E-state index contributed by atoms with van der Waals surface area (Å²) in [6.45, 7) is 6.14. The summed E-state index contributed by atoms with van der Waals surface area (Å²) in [5, 5.41) is 21.0. The number of allylic oxidation sites excluding steroid dienone is 2. The summed E-state index contributed by atoms with van der Waals surface area (Å²) in [7, 11) is 0. The second-order valence-corrected chi connectivity index (χ2v) is 9.50. The molecular formula is C22H30O5. The molecule has 0 aliphatic heterocycles. The number of carbonyl (C=O) groups excluding carboxylic acids is 1. The Morgan fingerprint density at radius 2 is 1.81 bits per heavy atom. The third kappa shape index (κ3) is 2.47. The van der Waals surface area contributed by atoms with Gasteiger partial charge in [0, 0.05) is 11.8 Å². The number of ketones is 1. The van der Waals surface area contributed by atoms with Crippen LogP contribution in [0.3, 0.4) is 0 Å². The summed E-state index contributed by atoms with van der Waals surface area (Å²) in [6, 6.07) is 0. The normalized spacial score (nSPS) is 45.3. The Kier molecular flexibility index (Phi) is 4.12. The first-order valence-corrected chi connectivity index (χ1v) is 10.2. The Hall–Kier alpha value is -1.62. The van der Waals surface area contributed by atoms with Gasteiger partial charge in [-0.2, -0.15) is 0 Å². The maximum atomic E-state index is 12.0. The maximum Gasteiger partial charge on any atom is 0.511 e. The summed E-state index contributed by atoms with van der Waals surface area (Å²) < 4.78 is 5.01. The molecule has 148 valence electrons. The first kappa shape index (κ1) is 18.7. The fourth-order valence-electron chi connectivity index (χ4n) is 7.09. The van der Waals surface area contributed by atoms with E-state index in [9.17, 15) is 14.7 Å². The molecule has 0 aromatic rings. The van der Waals surface area contributed by atoms with Gasteiger partial charge < -0.3 is 14.9 Å². The molecule has 5 atom stereocenters. The zero-order valence-electron chi connectivity index (χ0n) is 16.5. The minimum absolute atomic E-state index is 0.113. The molecule has 27 heavy (non-hydrogen) atoms. The van der Waals surface area contributed by atoms with Crippen molar-refractivity contribution in [3.8, 4) is 0 Å². The quantitative estimate of drug-likeness (QED) is 0.517. The molecule has 0 radical (unpaired) electrons. The summed E-state index contributed by atoms with van der Waals surface area (Å²) in [5.74, 6) is 1.22. The Bertz CT molecular complexity index is 765. The number of fused-ring (bicyclic) bond motifs is 5. The van der Waals surface area contributed by atoms with E-state index < -0.39 is 11.8 Å². The summed E-state index contributed by atoms with van der Waals surface area (Å²) >= 11 is 0. The Labute approximate surface area is 160 Å². The average Bonchev–Trinajstić information content (AvgIpc) is 2.93. The zero-order chi connectivity index (χ0) is 19.6. The van der Waals surface area contributed by atoms with Gasteiger partial charge in [0.05, 0.1) is 5.60 Å². The number of aliphatic hydroxyl groups is 1. The van der Waals surface area contributed by atoms with Gasteiger partial charge in [0.1, 0.15) is 5.76 Å². The molecule has 0 saturated heterocycles. The van der Waals surface area contributed by atoms with Gasteiger partial charge in [-0.25, -0.2) is 4.79 Å². The second-order valence-electron chi connectivity index (χ2n) is 9.50. The lowest BCUT2D eigenvalue weighted by molar-refractivity contribution is -0.183. The van der Waals surface area contributed by atoms with Crippen LogP contribution >= 0.6 is 0 Å². The lowest BCUT2D eigenvalue weighted by Gasteiger charge is -2.62. The van der Waals surface area contributed by atoms with E-state index in [1.54, 1.807) is 13.0 Å². The number of hydrogen-bond donors (Lipinski definition) is 2. The molecule has 0 bridgehead atoms. The van der Waals surface area contributed by atoms with Crippen molar-refractivity contribution in [3.63, 3.8) is 0 Å². The fraction of sp³-hybridized carbons (Fsp3) is 0.727. The van der Waals surface area contributed by atoms with Crippen molar-refractivity contribution >= 4 is 11.9 Å². The van der Waals surface area contributed by atoms with E-state index in [2.05, 4.69) is 13.8 Å². The van der Waals surface area contributed by atoms with Crippen LogP contribution in [0.4, 0.5) is 4.79 Å². The Morgan fingerprint density at radius 3 is 2.52 bits per heavy atom. The molecule has 0 aromatic carbocycles. The molecule has 0 heterocycles. The van der Waals surface area contributed by atoms with Gasteiger partial charge in [-0.05, 0) is 80.8 Å². The fourth-order valence-corrected chi connectivity index (χ4v) is 7.09. The first-order chi connectivity index (χ1) is 12.6. The van der Waals surface area contributed by atoms with Gasteiger partial charge in [-0.15, -0.1) is 0 Å². The average molecular weight is 374 g/mol. The molecule has 4 aliphatic rings. The second kappa shape index (κ2) is 5.94. The molecule has 4 rings (SSSR count). The number of rotatable bonds is 1. The van der Waals surface area contributed by atoms with Gasteiger partial charge >= 0.3 is 6.16 Å². The van der Waals surface area contributed by atoms with Crippen molar-refractivity contribution in [1.82, 2.24) is 0 Å². The van der Waals surface area contributed by atoms with Crippen molar-refractivity contribution in [2.75, 3.05) is 0 Å². The Balaban J connectivity index is 1.71. The van der Waals surface area contributed by atoms with Crippen molar-refractivity contribution in [1.29, 1.82) is 0 Å². The number of ether oxygens (including phenoxy) is 1. The highest BCUT2D eigenvalue weighted by Crippen LogP contribution is 2.68. The highest BCUT2D eigenvalue weighted by Gasteiger charge is 2.65.